The minimum absolute atomic E-state index is 0.0170. The van der Waals surface area contributed by atoms with Crippen LogP contribution < -0.4 is 5.32 Å². The maximum atomic E-state index is 12.2. The highest BCUT2D eigenvalue weighted by atomic mass is 16.2. The highest BCUT2D eigenvalue weighted by Gasteiger charge is 2.20. The van der Waals surface area contributed by atoms with Gasteiger partial charge in [0.15, 0.2) is 0 Å². The standard InChI is InChI=1S/C17H21N5O/c23-17(20-13-16-5-1-2-7-19-16)22-10-8-21(9-11-22)14-15-4-3-6-18-12-15/h1-7,12H,8-11,13-14H2,(H,20,23). The van der Waals surface area contributed by atoms with E-state index in [4.69, 9.17) is 0 Å². The normalized spacial score (nSPS) is 15.4. The van der Waals surface area contributed by atoms with Crippen LogP contribution in [0.2, 0.25) is 0 Å². The zero-order valence-corrected chi connectivity index (χ0v) is 13.1. The molecule has 120 valence electrons. The molecule has 3 heterocycles. The third-order valence-electron chi connectivity index (χ3n) is 3.94. The van der Waals surface area contributed by atoms with Crippen molar-refractivity contribution < 1.29 is 4.79 Å². The Kier molecular flexibility index (Phi) is 5.16. The maximum Gasteiger partial charge on any atom is 0.317 e. The molecule has 0 spiro atoms. The number of amides is 2. The largest absolute Gasteiger partial charge is 0.332 e. The molecular weight excluding hydrogens is 290 g/mol. The SMILES string of the molecule is O=C(NCc1ccccn1)N1CCN(Cc2cccnc2)CC1. The summed E-state index contributed by atoms with van der Waals surface area (Å²) in [6, 6.07) is 9.72. The predicted octanol–water partition coefficient (Wildman–Crippen LogP) is 1.50. The zero-order valence-electron chi connectivity index (χ0n) is 13.1. The van der Waals surface area contributed by atoms with Gasteiger partial charge in [0.25, 0.3) is 0 Å². The van der Waals surface area contributed by atoms with Crippen LogP contribution >= 0.6 is 0 Å². The van der Waals surface area contributed by atoms with Crippen LogP contribution in [0, 0.1) is 0 Å². The van der Waals surface area contributed by atoms with Gasteiger partial charge in [0, 0.05) is 51.3 Å². The van der Waals surface area contributed by atoms with Crippen molar-refractivity contribution in [3.8, 4) is 0 Å². The van der Waals surface area contributed by atoms with E-state index >= 15 is 0 Å². The molecule has 0 unspecified atom stereocenters. The highest BCUT2D eigenvalue weighted by molar-refractivity contribution is 5.74. The Morgan fingerprint density at radius 3 is 2.65 bits per heavy atom. The van der Waals surface area contributed by atoms with Crippen LogP contribution in [0.5, 0.6) is 0 Å². The third-order valence-corrected chi connectivity index (χ3v) is 3.94. The lowest BCUT2D eigenvalue weighted by Gasteiger charge is -2.34. The molecule has 2 aromatic rings. The van der Waals surface area contributed by atoms with Crippen LogP contribution in [-0.4, -0.2) is 52.0 Å². The quantitative estimate of drug-likeness (QED) is 0.929. The molecule has 2 aromatic heterocycles. The molecule has 0 atom stereocenters. The fourth-order valence-electron chi connectivity index (χ4n) is 2.64. The first-order valence-corrected chi connectivity index (χ1v) is 7.85. The molecule has 6 nitrogen and oxygen atoms in total. The second-order valence-electron chi connectivity index (χ2n) is 5.60. The van der Waals surface area contributed by atoms with Crippen molar-refractivity contribution >= 4 is 6.03 Å². The van der Waals surface area contributed by atoms with Crippen LogP contribution in [0.15, 0.2) is 48.9 Å². The van der Waals surface area contributed by atoms with Gasteiger partial charge >= 0.3 is 6.03 Å². The Morgan fingerprint density at radius 1 is 1.09 bits per heavy atom. The smallest absolute Gasteiger partial charge is 0.317 e. The molecule has 1 N–H and O–H groups in total. The maximum absolute atomic E-state index is 12.2. The molecular formula is C17H21N5O. The van der Waals surface area contributed by atoms with Gasteiger partial charge in [-0.1, -0.05) is 12.1 Å². The van der Waals surface area contributed by atoms with Gasteiger partial charge < -0.3 is 10.2 Å². The zero-order chi connectivity index (χ0) is 15.9. The van der Waals surface area contributed by atoms with Crippen LogP contribution in [0.4, 0.5) is 4.79 Å². The predicted molar refractivity (Wildman–Crippen MR) is 87.6 cm³/mol. The summed E-state index contributed by atoms with van der Waals surface area (Å²) < 4.78 is 0. The average Bonchev–Trinajstić information content (AvgIpc) is 2.62. The summed E-state index contributed by atoms with van der Waals surface area (Å²) in [5, 5.41) is 2.93. The Hall–Kier alpha value is -2.47. The van der Waals surface area contributed by atoms with E-state index in [9.17, 15) is 4.79 Å². The minimum Gasteiger partial charge on any atom is -0.332 e. The minimum atomic E-state index is -0.0170. The lowest BCUT2D eigenvalue weighted by molar-refractivity contribution is 0.135. The summed E-state index contributed by atoms with van der Waals surface area (Å²) >= 11 is 0. The Labute approximate surface area is 136 Å². The number of pyridine rings is 2. The van der Waals surface area contributed by atoms with Gasteiger partial charge in [-0.2, -0.15) is 0 Å². The lowest BCUT2D eigenvalue weighted by Crippen LogP contribution is -2.51. The molecule has 1 aliphatic heterocycles. The fourth-order valence-corrected chi connectivity index (χ4v) is 2.64. The summed E-state index contributed by atoms with van der Waals surface area (Å²) in [4.78, 5) is 24.8. The number of carbonyl (C=O) groups is 1. The second kappa shape index (κ2) is 7.69. The lowest BCUT2D eigenvalue weighted by atomic mass is 10.2. The van der Waals surface area contributed by atoms with E-state index in [0.717, 1.165) is 38.4 Å². The summed E-state index contributed by atoms with van der Waals surface area (Å²) in [6.45, 7) is 4.60. The molecule has 0 radical (unpaired) electrons. The first-order chi connectivity index (χ1) is 11.3. The molecule has 1 fully saturated rings. The van der Waals surface area contributed by atoms with E-state index < -0.39 is 0 Å². The Morgan fingerprint density at radius 2 is 1.96 bits per heavy atom. The Balaban J connectivity index is 1.42. The van der Waals surface area contributed by atoms with Gasteiger partial charge in [0.05, 0.1) is 12.2 Å². The molecule has 23 heavy (non-hydrogen) atoms. The van der Waals surface area contributed by atoms with Crippen molar-refractivity contribution in [2.75, 3.05) is 26.2 Å². The molecule has 2 amide bonds. The monoisotopic (exact) mass is 311 g/mol. The van der Waals surface area contributed by atoms with E-state index in [1.807, 2.05) is 35.4 Å². The van der Waals surface area contributed by atoms with E-state index in [1.165, 1.54) is 5.56 Å². The van der Waals surface area contributed by atoms with Crippen LogP contribution in [0.1, 0.15) is 11.3 Å². The number of nitrogens with zero attached hydrogens (tertiary/aromatic N) is 4. The summed E-state index contributed by atoms with van der Waals surface area (Å²) in [7, 11) is 0. The summed E-state index contributed by atoms with van der Waals surface area (Å²) in [5.74, 6) is 0. The van der Waals surface area contributed by atoms with Crippen molar-refractivity contribution in [1.82, 2.24) is 25.1 Å². The number of carbonyl (C=O) groups excluding carboxylic acids is 1. The molecule has 3 rings (SSSR count). The average molecular weight is 311 g/mol. The first-order valence-electron chi connectivity index (χ1n) is 7.85. The summed E-state index contributed by atoms with van der Waals surface area (Å²) in [6.07, 6.45) is 5.41. The van der Waals surface area contributed by atoms with Gasteiger partial charge in [-0.15, -0.1) is 0 Å². The fraction of sp³-hybridized carbons (Fsp3) is 0.353. The van der Waals surface area contributed by atoms with Crippen LogP contribution in [0.25, 0.3) is 0 Å². The van der Waals surface area contributed by atoms with Crippen molar-refractivity contribution in [3.05, 3.63) is 60.2 Å². The number of hydrogen-bond acceptors (Lipinski definition) is 4. The van der Waals surface area contributed by atoms with Crippen LogP contribution in [0.3, 0.4) is 0 Å². The highest BCUT2D eigenvalue weighted by Crippen LogP contribution is 2.07. The molecule has 1 aliphatic rings. The number of rotatable bonds is 4. The third kappa shape index (κ3) is 4.50. The van der Waals surface area contributed by atoms with Crippen molar-refractivity contribution in [2.24, 2.45) is 0 Å². The number of piperazine rings is 1. The van der Waals surface area contributed by atoms with E-state index in [2.05, 4.69) is 26.3 Å². The van der Waals surface area contributed by atoms with E-state index in [1.54, 1.807) is 12.4 Å². The number of urea groups is 1. The molecule has 6 heteroatoms. The first kappa shape index (κ1) is 15.4. The molecule has 0 aliphatic carbocycles. The Bertz CT molecular complexity index is 611. The summed E-state index contributed by atoms with van der Waals surface area (Å²) in [5.41, 5.74) is 2.08. The van der Waals surface area contributed by atoms with Gasteiger partial charge in [0.1, 0.15) is 0 Å². The topological polar surface area (TPSA) is 61.4 Å². The van der Waals surface area contributed by atoms with E-state index in [0.29, 0.717) is 6.54 Å². The van der Waals surface area contributed by atoms with Gasteiger partial charge in [-0.05, 0) is 23.8 Å². The molecule has 0 saturated carbocycles. The van der Waals surface area contributed by atoms with Gasteiger partial charge in [-0.3, -0.25) is 14.9 Å². The van der Waals surface area contributed by atoms with Crippen molar-refractivity contribution in [2.45, 2.75) is 13.1 Å². The van der Waals surface area contributed by atoms with Crippen LogP contribution in [-0.2, 0) is 13.1 Å². The molecule has 1 saturated heterocycles. The van der Waals surface area contributed by atoms with E-state index in [-0.39, 0.29) is 6.03 Å². The number of nitrogens with one attached hydrogen (secondary N) is 1. The second-order valence-corrected chi connectivity index (χ2v) is 5.60. The molecule has 0 bridgehead atoms. The number of aromatic nitrogens is 2. The van der Waals surface area contributed by atoms with Crippen molar-refractivity contribution in [3.63, 3.8) is 0 Å². The van der Waals surface area contributed by atoms with Gasteiger partial charge in [0.2, 0.25) is 0 Å². The number of hydrogen-bond donors (Lipinski definition) is 1. The van der Waals surface area contributed by atoms with Crippen molar-refractivity contribution in [1.29, 1.82) is 0 Å². The molecule has 0 aromatic carbocycles. The van der Waals surface area contributed by atoms with Gasteiger partial charge in [-0.25, -0.2) is 4.79 Å².